The predicted octanol–water partition coefficient (Wildman–Crippen LogP) is 3.93. The van der Waals surface area contributed by atoms with Crippen LogP contribution in [0.5, 0.6) is 0 Å². The van der Waals surface area contributed by atoms with E-state index < -0.39 is 5.91 Å². The number of ether oxygens (including phenoxy) is 2. The topological polar surface area (TPSA) is 108 Å². The number of carbonyl (C=O) groups excluding carboxylic acids is 2. The first-order valence-corrected chi connectivity index (χ1v) is 16.3. The molecule has 0 bridgehead atoms. The maximum Gasteiger partial charge on any atom is 0.263 e. The lowest BCUT2D eigenvalue weighted by Gasteiger charge is -2.18. The van der Waals surface area contributed by atoms with Crippen LogP contribution in [-0.4, -0.2) is 83.5 Å². The van der Waals surface area contributed by atoms with Crippen LogP contribution < -0.4 is 10.9 Å². The van der Waals surface area contributed by atoms with Crippen LogP contribution >= 0.6 is 0 Å². The van der Waals surface area contributed by atoms with E-state index in [4.69, 9.17) is 14.6 Å². The van der Waals surface area contributed by atoms with Crippen molar-refractivity contribution in [2.24, 2.45) is 13.0 Å². The number of methoxy groups -OCH3 is 1. The fraction of sp³-hybridized carbons (Fsp3) is 0.405. The standard InChI is InChI=1S/C37H43N5O5/c1-25-34(20-31(43)18-27-22-41(15-17-46-3)23-33(27)26-10-6-4-7-11-26)42(30-12-8-5-9-13-30)39-35(25)28-19-32(37(45)40(2)21-28)36(44)38-29-14-16-47-24-29/h4-13,19,21,27,29,33H,14-18,20,22-24H2,1-3H3,(H,38,44)/t27-,29+,33+/m1/s1. The molecule has 0 unspecified atom stereocenters. The van der Waals surface area contributed by atoms with Crippen LogP contribution in [0, 0.1) is 12.8 Å². The Hall–Kier alpha value is -4.38. The third-order valence-corrected chi connectivity index (χ3v) is 9.42. The van der Waals surface area contributed by atoms with Crippen molar-refractivity contribution in [1.29, 1.82) is 0 Å². The molecule has 10 heteroatoms. The van der Waals surface area contributed by atoms with Gasteiger partial charge in [-0.3, -0.25) is 14.4 Å². The predicted molar refractivity (Wildman–Crippen MR) is 180 cm³/mol. The molecule has 246 valence electrons. The van der Waals surface area contributed by atoms with Gasteiger partial charge in [0.1, 0.15) is 11.3 Å². The first-order valence-electron chi connectivity index (χ1n) is 16.3. The van der Waals surface area contributed by atoms with Crippen LogP contribution in [0.25, 0.3) is 16.9 Å². The summed E-state index contributed by atoms with van der Waals surface area (Å²) in [5, 5.41) is 7.92. The Kier molecular flexibility index (Phi) is 10.1. The number of Topliss-reactive ketones (excluding diaryl/α,β-unsaturated/α-hetero) is 1. The van der Waals surface area contributed by atoms with Gasteiger partial charge in [0.2, 0.25) is 0 Å². The Morgan fingerprint density at radius 3 is 2.51 bits per heavy atom. The van der Waals surface area contributed by atoms with Gasteiger partial charge in [-0.05, 0) is 48.6 Å². The fourth-order valence-corrected chi connectivity index (χ4v) is 6.91. The van der Waals surface area contributed by atoms with Crippen LogP contribution in [0.3, 0.4) is 0 Å². The SMILES string of the molecule is COCCN1C[C@@H](CC(=O)Cc2c(C)c(-c3cc(C(=O)N[C@H]4CCOC4)c(=O)n(C)c3)nn2-c2ccccc2)[C@H](c2ccccc2)C1. The zero-order valence-electron chi connectivity index (χ0n) is 27.4. The molecule has 2 aromatic heterocycles. The molecule has 2 aliphatic heterocycles. The summed E-state index contributed by atoms with van der Waals surface area (Å²) in [6.07, 6.45) is 3.07. The number of nitrogens with zero attached hydrogens (tertiary/aromatic N) is 4. The largest absolute Gasteiger partial charge is 0.383 e. The molecule has 2 fully saturated rings. The summed E-state index contributed by atoms with van der Waals surface area (Å²) in [6.45, 7) is 6.20. The molecule has 1 amide bonds. The fourth-order valence-electron chi connectivity index (χ4n) is 6.91. The Morgan fingerprint density at radius 2 is 1.81 bits per heavy atom. The van der Waals surface area contributed by atoms with Gasteiger partial charge in [0.05, 0.1) is 36.3 Å². The molecule has 0 radical (unpaired) electrons. The summed E-state index contributed by atoms with van der Waals surface area (Å²) >= 11 is 0. The molecular formula is C37H43N5O5. The lowest BCUT2D eigenvalue weighted by molar-refractivity contribution is -0.119. The number of amides is 1. The maximum absolute atomic E-state index is 14.0. The Bertz CT molecular complexity index is 1760. The average Bonchev–Trinajstić information content (AvgIpc) is 3.82. The number of hydrogen-bond acceptors (Lipinski definition) is 7. The second-order valence-corrected chi connectivity index (χ2v) is 12.7. The summed E-state index contributed by atoms with van der Waals surface area (Å²) in [5.74, 6) is 0.168. The van der Waals surface area contributed by atoms with E-state index in [-0.39, 0.29) is 41.2 Å². The van der Waals surface area contributed by atoms with E-state index in [1.807, 2.05) is 48.0 Å². The Labute approximate surface area is 275 Å². The zero-order valence-corrected chi connectivity index (χ0v) is 27.4. The van der Waals surface area contributed by atoms with E-state index in [0.29, 0.717) is 43.9 Å². The van der Waals surface area contributed by atoms with Crippen molar-refractivity contribution in [3.05, 3.63) is 106 Å². The molecule has 0 aliphatic carbocycles. The summed E-state index contributed by atoms with van der Waals surface area (Å²) < 4.78 is 14.0. The van der Waals surface area contributed by atoms with Gasteiger partial charge in [0.15, 0.2) is 0 Å². The number of likely N-dealkylation sites (tertiary alicyclic amines) is 1. The smallest absolute Gasteiger partial charge is 0.263 e. The number of para-hydroxylation sites is 1. The van der Waals surface area contributed by atoms with Crippen molar-refractivity contribution in [3.8, 4) is 16.9 Å². The number of nitrogens with one attached hydrogen (secondary N) is 1. The highest BCUT2D eigenvalue weighted by atomic mass is 16.5. The molecule has 4 heterocycles. The lowest BCUT2D eigenvalue weighted by atomic mass is 9.85. The van der Waals surface area contributed by atoms with Gasteiger partial charge in [-0.2, -0.15) is 5.10 Å². The molecule has 10 nitrogen and oxygen atoms in total. The zero-order chi connectivity index (χ0) is 32.9. The first kappa shape index (κ1) is 32.6. The Morgan fingerprint density at radius 1 is 1.06 bits per heavy atom. The molecular weight excluding hydrogens is 594 g/mol. The van der Waals surface area contributed by atoms with E-state index in [2.05, 4.69) is 34.5 Å². The van der Waals surface area contributed by atoms with E-state index in [1.165, 1.54) is 10.1 Å². The second kappa shape index (κ2) is 14.6. The number of aryl methyl sites for hydroxylation is 1. The average molecular weight is 638 g/mol. The summed E-state index contributed by atoms with van der Waals surface area (Å²) in [6, 6.07) is 21.7. The van der Waals surface area contributed by atoms with Crippen molar-refractivity contribution >= 4 is 11.7 Å². The third kappa shape index (κ3) is 7.30. The van der Waals surface area contributed by atoms with Crippen LogP contribution in [0.15, 0.2) is 77.7 Å². The molecule has 4 aromatic rings. The van der Waals surface area contributed by atoms with Gasteiger partial charge in [-0.1, -0.05) is 48.5 Å². The third-order valence-electron chi connectivity index (χ3n) is 9.42. The van der Waals surface area contributed by atoms with Gasteiger partial charge in [-0.15, -0.1) is 0 Å². The molecule has 2 aliphatic rings. The summed E-state index contributed by atoms with van der Waals surface area (Å²) in [5.41, 5.74) is 4.65. The monoisotopic (exact) mass is 637 g/mol. The summed E-state index contributed by atoms with van der Waals surface area (Å²) in [7, 11) is 3.35. The number of aromatic nitrogens is 3. The van der Waals surface area contributed by atoms with Crippen LogP contribution in [0.1, 0.15) is 45.9 Å². The maximum atomic E-state index is 14.0. The van der Waals surface area contributed by atoms with E-state index in [9.17, 15) is 14.4 Å². The van der Waals surface area contributed by atoms with Crippen molar-refractivity contribution in [3.63, 3.8) is 0 Å². The van der Waals surface area contributed by atoms with Crippen molar-refractivity contribution in [2.75, 3.05) is 46.6 Å². The number of hydrogen-bond donors (Lipinski definition) is 1. The molecule has 2 saturated heterocycles. The molecule has 3 atom stereocenters. The van der Waals surface area contributed by atoms with Crippen molar-refractivity contribution < 1.29 is 19.1 Å². The number of benzene rings is 2. The summed E-state index contributed by atoms with van der Waals surface area (Å²) in [4.78, 5) is 42.6. The van der Waals surface area contributed by atoms with Gasteiger partial charge >= 0.3 is 0 Å². The number of carbonyl (C=O) groups is 2. The van der Waals surface area contributed by atoms with E-state index in [0.717, 1.165) is 36.6 Å². The highest BCUT2D eigenvalue weighted by Gasteiger charge is 2.35. The molecule has 6 rings (SSSR count). The normalized spacial score (nSPS) is 19.7. The Balaban J connectivity index is 1.30. The van der Waals surface area contributed by atoms with Crippen LogP contribution in [0.4, 0.5) is 0 Å². The van der Waals surface area contributed by atoms with E-state index in [1.54, 1.807) is 26.4 Å². The molecule has 2 aromatic carbocycles. The quantitative estimate of drug-likeness (QED) is 0.251. The number of ketones is 1. The van der Waals surface area contributed by atoms with Crippen LogP contribution in [0.2, 0.25) is 0 Å². The lowest BCUT2D eigenvalue weighted by Crippen LogP contribution is -2.38. The molecule has 1 N–H and O–H groups in total. The minimum Gasteiger partial charge on any atom is -0.383 e. The molecule has 47 heavy (non-hydrogen) atoms. The van der Waals surface area contributed by atoms with Gasteiger partial charge in [0, 0.05) is 70.9 Å². The number of pyridine rings is 1. The second-order valence-electron chi connectivity index (χ2n) is 12.7. The van der Waals surface area contributed by atoms with E-state index >= 15 is 0 Å². The minimum atomic E-state index is -0.428. The van der Waals surface area contributed by atoms with Crippen molar-refractivity contribution in [1.82, 2.24) is 24.6 Å². The van der Waals surface area contributed by atoms with Gasteiger partial charge in [-0.25, -0.2) is 4.68 Å². The van der Waals surface area contributed by atoms with Gasteiger partial charge < -0.3 is 24.3 Å². The first-order chi connectivity index (χ1) is 22.8. The highest BCUT2D eigenvalue weighted by Crippen LogP contribution is 2.36. The minimum absolute atomic E-state index is 0.0504. The molecule has 0 spiro atoms. The van der Waals surface area contributed by atoms with Gasteiger partial charge in [0.25, 0.3) is 11.5 Å². The molecule has 0 saturated carbocycles. The van der Waals surface area contributed by atoms with Crippen LogP contribution in [-0.2, 0) is 27.7 Å². The number of rotatable bonds is 12. The highest BCUT2D eigenvalue weighted by molar-refractivity contribution is 5.95. The van der Waals surface area contributed by atoms with Crippen molar-refractivity contribution in [2.45, 2.75) is 38.1 Å².